The van der Waals surface area contributed by atoms with Crippen LogP contribution in [0.1, 0.15) is 12.2 Å². The van der Waals surface area contributed by atoms with Gasteiger partial charge in [0, 0.05) is 24.8 Å². The Morgan fingerprint density at radius 2 is 2.08 bits per heavy atom. The van der Waals surface area contributed by atoms with Crippen molar-refractivity contribution in [2.45, 2.75) is 24.3 Å². The molecule has 0 radical (unpaired) electrons. The van der Waals surface area contributed by atoms with Crippen LogP contribution in [0.15, 0.2) is 40.9 Å². The summed E-state index contributed by atoms with van der Waals surface area (Å²) in [5.74, 6) is 1.54. The summed E-state index contributed by atoms with van der Waals surface area (Å²) >= 11 is 0. The molecule has 2 aliphatic heterocycles. The van der Waals surface area contributed by atoms with Crippen molar-refractivity contribution >= 4 is 9.84 Å². The van der Waals surface area contributed by atoms with Gasteiger partial charge < -0.3 is 9.15 Å². The maximum Gasteiger partial charge on any atom is 0.226 e. The molecule has 1 aromatic carbocycles. The van der Waals surface area contributed by atoms with Crippen LogP contribution in [-0.4, -0.2) is 55.1 Å². The van der Waals surface area contributed by atoms with Gasteiger partial charge in [-0.1, -0.05) is 18.2 Å². The first kappa shape index (κ1) is 15.8. The molecule has 0 aliphatic carbocycles. The van der Waals surface area contributed by atoms with Crippen LogP contribution in [0.5, 0.6) is 0 Å². The highest BCUT2D eigenvalue weighted by Gasteiger charge is 2.43. The third-order valence-corrected chi connectivity index (χ3v) is 6.92. The Kier molecular flexibility index (Phi) is 4.15. The number of nitrogens with zero attached hydrogens (tertiary/aromatic N) is 2. The lowest BCUT2D eigenvalue weighted by Gasteiger charge is -2.42. The fraction of sp³-hybridized carbons (Fsp3) is 0.471. The van der Waals surface area contributed by atoms with E-state index >= 15 is 0 Å². The van der Waals surface area contributed by atoms with Crippen molar-refractivity contribution in [2.75, 3.05) is 25.5 Å². The third kappa shape index (κ3) is 2.99. The van der Waals surface area contributed by atoms with Gasteiger partial charge in [0.15, 0.2) is 9.84 Å². The molecule has 0 amide bonds. The lowest BCUT2D eigenvalue weighted by Crippen LogP contribution is -2.58. The molecule has 0 spiro atoms. The Morgan fingerprint density at radius 1 is 1.25 bits per heavy atom. The summed E-state index contributed by atoms with van der Waals surface area (Å²) in [6.07, 6.45) is 2.48. The normalized spacial score (nSPS) is 26.8. The van der Waals surface area contributed by atoms with Crippen LogP contribution in [0.2, 0.25) is 0 Å². The van der Waals surface area contributed by atoms with Crippen molar-refractivity contribution in [1.29, 1.82) is 0 Å². The van der Waals surface area contributed by atoms with Crippen LogP contribution in [0.3, 0.4) is 0 Å². The Labute approximate surface area is 141 Å². The minimum absolute atomic E-state index is 0.00257. The van der Waals surface area contributed by atoms with Gasteiger partial charge in [0.2, 0.25) is 5.89 Å². The zero-order valence-electron chi connectivity index (χ0n) is 13.3. The summed E-state index contributed by atoms with van der Waals surface area (Å²) in [6.45, 7) is 2.02. The van der Waals surface area contributed by atoms with E-state index in [2.05, 4.69) is 9.88 Å². The van der Waals surface area contributed by atoms with Crippen molar-refractivity contribution in [3.63, 3.8) is 0 Å². The lowest BCUT2D eigenvalue weighted by atomic mass is 10.1. The van der Waals surface area contributed by atoms with E-state index in [9.17, 15) is 8.42 Å². The Balaban J connectivity index is 1.52. The summed E-state index contributed by atoms with van der Waals surface area (Å²) in [5, 5.41) is -0.420. The van der Waals surface area contributed by atoms with Gasteiger partial charge in [0.05, 0.1) is 25.1 Å². The van der Waals surface area contributed by atoms with Gasteiger partial charge in [0.1, 0.15) is 11.0 Å². The molecule has 6 nitrogen and oxygen atoms in total. The largest absolute Gasteiger partial charge is 0.440 e. The summed E-state index contributed by atoms with van der Waals surface area (Å²) in [4.78, 5) is 6.55. The van der Waals surface area contributed by atoms with Gasteiger partial charge in [-0.3, -0.25) is 4.90 Å². The Hall–Kier alpha value is -1.70. The number of sulfone groups is 1. The second-order valence-electron chi connectivity index (χ2n) is 6.30. The molecule has 0 bridgehead atoms. The first-order chi connectivity index (χ1) is 11.6. The van der Waals surface area contributed by atoms with Crippen molar-refractivity contribution in [3.05, 3.63) is 42.3 Å². The van der Waals surface area contributed by atoms with Gasteiger partial charge in [-0.15, -0.1) is 0 Å². The molecule has 0 saturated carbocycles. The Bertz CT molecular complexity index is 803. The SMILES string of the molecule is O=S1(=O)CCN(Cc2cnc(-c3ccccc3)o2)[C@H]2CCOC[C@@H]21. The van der Waals surface area contributed by atoms with Crippen molar-refractivity contribution in [1.82, 2.24) is 9.88 Å². The average molecular weight is 348 g/mol. The van der Waals surface area contributed by atoms with Crippen LogP contribution in [-0.2, 0) is 21.1 Å². The lowest BCUT2D eigenvalue weighted by molar-refractivity contribution is 0.0291. The minimum atomic E-state index is -3.06. The first-order valence-electron chi connectivity index (χ1n) is 8.17. The molecule has 2 saturated heterocycles. The van der Waals surface area contributed by atoms with Gasteiger partial charge in [-0.2, -0.15) is 0 Å². The average Bonchev–Trinajstić information content (AvgIpc) is 3.07. The molecule has 7 heteroatoms. The first-order valence-corrected chi connectivity index (χ1v) is 9.88. The molecule has 0 N–H and O–H groups in total. The number of oxazole rings is 1. The fourth-order valence-electron chi connectivity index (χ4n) is 3.51. The zero-order chi connectivity index (χ0) is 16.6. The van der Waals surface area contributed by atoms with E-state index in [1.807, 2.05) is 30.3 Å². The summed E-state index contributed by atoms with van der Waals surface area (Å²) in [5.41, 5.74) is 0.939. The van der Waals surface area contributed by atoms with E-state index < -0.39 is 15.1 Å². The highest BCUT2D eigenvalue weighted by molar-refractivity contribution is 7.92. The van der Waals surface area contributed by atoms with Crippen molar-refractivity contribution < 1.29 is 17.6 Å². The van der Waals surface area contributed by atoms with Crippen molar-refractivity contribution in [3.8, 4) is 11.5 Å². The molecule has 0 unspecified atom stereocenters. The molecule has 128 valence electrons. The van der Waals surface area contributed by atoms with E-state index in [1.165, 1.54) is 0 Å². The molecule has 2 fully saturated rings. The fourth-order valence-corrected chi connectivity index (χ4v) is 5.40. The number of fused-ring (bicyclic) bond motifs is 1. The minimum Gasteiger partial charge on any atom is -0.440 e. The van der Waals surface area contributed by atoms with E-state index in [4.69, 9.17) is 9.15 Å². The highest BCUT2D eigenvalue weighted by Crippen LogP contribution is 2.28. The van der Waals surface area contributed by atoms with E-state index in [0.29, 0.717) is 32.2 Å². The van der Waals surface area contributed by atoms with Gasteiger partial charge in [0.25, 0.3) is 0 Å². The van der Waals surface area contributed by atoms with Gasteiger partial charge in [-0.25, -0.2) is 13.4 Å². The van der Waals surface area contributed by atoms with E-state index in [-0.39, 0.29) is 11.8 Å². The maximum absolute atomic E-state index is 12.3. The number of hydrogen-bond acceptors (Lipinski definition) is 6. The maximum atomic E-state index is 12.3. The monoisotopic (exact) mass is 348 g/mol. The molecule has 2 atom stereocenters. The second kappa shape index (κ2) is 6.31. The van der Waals surface area contributed by atoms with Crippen LogP contribution in [0.25, 0.3) is 11.5 Å². The molecular weight excluding hydrogens is 328 g/mol. The smallest absolute Gasteiger partial charge is 0.226 e. The van der Waals surface area contributed by atoms with Crippen LogP contribution in [0, 0.1) is 0 Å². The molecule has 3 heterocycles. The molecule has 1 aromatic heterocycles. The van der Waals surface area contributed by atoms with Gasteiger partial charge in [-0.05, 0) is 18.6 Å². The van der Waals surface area contributed by atoms with E-state index in [1.54, 1.807) is 6.20 Å². The number of aromatic nitrogens is 1. The molecule has 2 aliphatic rings. The number of hydrogen-bond donors (Lipinski definition) is 0. The summed E-state index contributed by atoms with van der Waals surface area (Å²) in [6, 6.07) is 9.76. The molecule has 4 rings (SSSR count). The van der Waals surface area contributed by atoms with Crippen LogP contribution < -0.4 is 0 Å². The van der Waals surface area contributed by atoms with Crippen LogP contribution >= 0.6 is 0 Å². The highest BCUT2D eigenvalue weighted by atomic mass is 32.2. The number of benzene rings is 1. The second-order valence-corrected chi connectivity index (χ2v) is 8.64. The molecule has 2 aromatic rings. The van der Waals surface area contributed by atoms with Gasteiger partial charge >= 0.3 is 0 Å². The molecular formula is C17H20N2O4S. The Morgan fingerprint density at radius 3 is 2.92 bits per heavy atom. The predicted octanol–water partition coefficient (Wildman–Crippen LogP) is 1.73. The standard InChI is InChI=1S/C17H20N2O4S/c20-24(21)9-7-19(15-6-8-22-12-16(15)24)11-14-10-18-17(23-14)13-4-2-1-3-5-13/h1-5,10,15-16H,6-9,11-12H2/t15-,16-/m0/s1. The third-order valence-electron chi connectivity index (χ3n) is 4.80. The zero-order valence-corrected chi connectivity index (χ0v) is 14.1. The van der Waals surface area contributed by atoms with Crippen molar-refractivity contribution in [2.24, 2.45) is 0 Å². The summed E-state index contributed by atoms with van der Waals surface area (Å²) in [7, 11) is -3.06. The van der Waals surface area contributed by atoms with E-state index in [0.717, 1.165) is 17.7 Å². The predicted molar refractivity (Wildman–Crippen MR) is 89.1 cm³/mol. The number of rotatable bonds is 3. The van der Waals surface area contributed by atoms with Crippen LogP contribution in [0.4, 0.5) is 0 Å². The molecule has 24 heavy (non-hydrogen) atoms. The number of ether oxygens (including phenoxy) is 1. The summed E-state index contributed by atoms with van der Waals surface area (Å²) < 4.78 is 35.8. The quantitative estimate of drug-likeness (QED) is 0.841. The topological polar surface area (TPSA) is 72.6 Å².